The lowest BCUT2D eigenvalue weighted by atomic mass is 10.1. The van der Waals surface area contributed by atoms with E-state index in [0.29, 0.717) is 31.8 Å². The summed E-state index contributed by atoms with van der Waals surface area (Å²) in [5, 5.41) is 2.32. The molecule has 0 bridgehead atoms. The highest BCUT2D eigenvalue weighted by molar-refractivity contribution is 6.00. The maximum atomic E-state index is 12.7. The number of halogens is 9. The number of rotatable bonds is 12. The summed E-state index contributed by atoms with van der Waals surface area (Å²) in [7, 11) is 0. The summed E-state index contributed by atoms with van der Waals surface area (Å²) in [6.45, 7) is -0.710. The molecule has 0 fully saturated rings. The van der Waals surface area contributed by atoms with Crippen LogP contribution >= 0.6 is 0 Å². The fraction of sp³-hybridized carbons (Fsp3) is 0.632. The SMILES string of the molecule is CCN(CC)CCNC(=O)c1c(OCC(F)(F)F)cc(OCC(F)(F)F)cc1OCC(F)(F)F. The molecule has 1 aromatic rings. The smallest absolute Gasteiger partial charge is 0.422 e. The lowest BCUT2D eigenvalue weighted by Crippen LogP contribution is -2.35. The number of ether oxygens (including phenoxy) is 3. The summed E-state index contributed by atoms with van der Waals surface area (Å²) in [6, 6.07) is 1.08. The quantitative estimate of drug-likeness (QED) is 0.414. The fourth-order valence-electron chi connectivity index (χ4n) is 2.54. The van der Waals surface area contributed by atoms with E-state index in [2.05, 4.69) is 19.5 Å². The zero-order chi connectivity index (χ0) is 26.2. The molecule has 0 aliphatic heterocycles. The van der Waals surface area contributed by atoms with Gasteiger partial charge in [-0.15, -0.1) is 0 Å². The highest BCUT2D eigenvalue weighted by atomic mass is 19.4. The Kier molecular flexibility index (Phi) is 10.6. The molecule has 1 amide bonds. The van der Waals surface area contributed by atoms with Crippen LogP contribution < -0.4 is 19.5 Å². The van der Waals surface area contributed by atoms with Gasteiger partial charge in [0.05, 0.1) is 0 Å². The summed E-state index contributed by atoms with van der Waals surface area (Å²) in [5.41, 5.74) is -0.854. The Morgan fingerprint density at radius 2 is 1.21 bits per heavy atom. The fourth-order valence-corrected chi connectivity index (χ4v) is 2.54. The minimum atomic E-state index is -4.92. The molecule has 1 N–H and O–H groups in total. The zero-order valence-corrected chi connectivity index (χ0v) is 18.1. The van der Waals surface area contributed by atoms with Gasteiger partial charge in [0.2, 0.25) is 0 Å². The number of alkyl halides is 9. The van der Waals surface area contributed by atoms with Gasteiger partial charge in [-0.25, -0.2) is 0 Å². The van der Waals surface area contributed by atoms with E-state index in [1.165, 1.54) is 0 Å². The molecule has 0 saturated heterocycles. The molecule has 0 aromatic heterocycles. The highest BCUT2D eigenvalue weighted by Crippen LogP contribution is 2.36. The largest absolute Gasteiger partial charge is 0.484 e. The maximum Gasteiger partial charge on any atom is 0.422 e. The van der Waals surface area contributed by atoms with Crippen molar-refractivity contribution in [3.05, 3.63) is 17.7 Å². The van der Waals surface area contributed by atoms with Crippen LogP contribution in [-0.4, -0.2) is 75.3 Å². The van der Waals surface area contributed by atoms with Crippen LogP contribution in [-0.2, 0) is 0 Å². The van der Waals surface area contributed by atoms with Crippen LogP contribution in [0.4, 0.5) is 39.5 Å². The third-order valence-corrected chi connectivity index (χ3v) is 4.06. The van der Waals surface area contributed by atoms with Gasteiger partial charge in [-0.2, -0.15) is 39.5 Å². The van der Waals surface area contributed by atoms with Gasteiger partial charge in [-0.3, -0.25) is 4.79 Å². The number of hydrogen-bond acceptors (Lipinski definition) is 5. The zero-order valence-electron chi connectivity index (χ0n) is 18.1. The summed E-state index contributed by atoms with van der Waals surface area (Å²) in [6.07, 6.45) is -14.7. The lowest BCUT2D eigenvalue weighted by molar-refractivity contribution is -0.154. The van der Waals surface area contributed by atoms with Gasteiger partial charge in [0, 0.05) is 25.2 Å². The first-order valence-corrected chi connectivity index (χ1v) is 9.82. The number of amides is 1. The summed E-state index contributed by atoms with van der Waals surface area (Å²) >= 11 is 0. The van der Waals surface area contributed by atoms with Crippen LogP contribution in [0.1, 0.15) is 24.2 Å². The van der Waals surface area contributed by atoms with E-state index < -0.39 is 67.1 Å². The predicted octanol–water partition coefficient (Wildman–Crippen LogP) is 4.58. The third kappa shape index (κ3) is 11.5. The van der Waals surface area contributed by atoms with Crippen molar-refractivity contribution in [3.8, 4) is 17.2 Å². The van der Waals surface area contributed by atoms with Crippen molar-refractivity contribution in [2.75, 3.05) is 46.0 Å². The molecule has 1 rings (SSSR count). The molecular weight excluding hydrogens is 491 g/mol. The Bertz CT molecular complexity index is 752. The molecule has 0 spiro atoms. The average molecular weight is 514 g/mol. The topological polar surface area (TPSA) is 60.0 Å². The summed E-state index contributed by atoms with van der Waals surface area (Å²) in [4.78, 5) is 14.5. The van der Waals surface area contributed by atoms with E-state index in [1.54, 1.807) is 0 Å². The van der Waals surface area contributed by atoms with Crippen LogP contribution in [0.2, 0.25) is 0 Å². The second-order valence-corrected chi connectivity index (χ2v) is 6.79. The van der Waals surface area contributed by atoms with Gasteiger partial charge in [0.1, 0.15) is 22.8 Å². The van der Waals surface area contributed by atoms with E-state index >= 15 is 0 Å². The molecule has 0 heterocycles. The molecule has 15 heteroatoms. The van der Waals surface area contributed by atoms with E-state index in [-0.39, 0.29) is 6.54 Å². The van der Waals surface area contributed by atoms with Gasteiger partial charge in [-0.1, -0.05) is 13.8 Å². The molecule has 0 saturated carbocycles. The number of benzene rings is 1. The van der Waals surface area contributed by atoms with E-state index in [9.17, 15) is 44.3 Å². The molecular formula is C19H23F9N2O4. The number of likely N-dealkylation sites (N-methyl/N-ethyl adjacent to an activating group) is 1. The average Bonchev–Trinajstić information content (AvgIpc) is 2.70. The molecule has 0 atom stereocenters. The number of carbonyl (C=O) groups is 1. The van der Waals surface area contributed by atoms with Crippen molar-refractivity contribution in [1.29, 1.82) is 0 Å². The van der Waals surface area contributed by atoms with Crippen molar-refractivity contribution >= 4 is 5.91 Å². The monoisotopic (exact) mass is 514 g/mol. The van der Waals surface area contributed by atoms with Gasteiger partial charge < -0.3 is 24.4 Å². The minimum Gasteiger partial charge on any atom is -0.484 e. The summed E-state index contributed by atoms with van der Waals surface area (Å²) < 4.78 is 127. The number of nitrogens with zero attached hydrogens (tertiary/aromatic N) is 1. The van der Waals surface area contributed by atoms with Gasteiger partial charge in [-0.05, 0) is 13.1 Å². The van der Waals surface area contributed by atoms with E-state index in [4.69, 9.17) is 0 Å². The minimum absolute atomic E-state index is 0.0374. The van der Waals surface area contributed by atoms with Crippen molar-refractivity contribution in [1.82, 2.24) is 10.2 Å². The first-order chi connectivity index (χ1) is 15.5. The molecule has 1 aromatic carbocycles. The maximum absolute atomic E-state index is 12.7. The van der Waals surface area contributed by atoms with E-state index in [1.807, 2.05) is 18.7 Å². The van der Waals surface area contributed by atoms with Crippen LogP contribution in [0.3, 0.4) is 0 Å². The Morgan fingerprint density at radius 1 is 0.794 bits per heavy atom. The normalized spacial score (nSPS) is 12.6. The van der Waals surface area contributed by atoms with Crippen LogP contribution in [0, 0.1) is 0 Å². The highest BCUT2D eigenvalue weighted by Gasteiger charge is 2.34. The Hall–Kier alpha value is -2.58. The van der Waals surface area contributed by atoms with Crippen LogP contribution in [0.15, 0.2) is 12.1 Å². The standard InChI is InChI=1S/C19H23F9N2O4/c1-3-30(4-2)6-5-29-16(31)15-13(33-10-18(23,24)25)7-12(32-9-17(20,21)22)8-14(15)34-11-19(26,27)28/h7-8H,3-6,9-11H2,1-2H3,(H,29,31). The number of carbonyl (C=O) groups excluding carboxylic acids is 1. The Morgan fingerprint density at radius 3 is 1.59 bits per heavy atom. The van der Waals surface area contributed by atoms with Crippen molar-refractivity contribution in [2.24, 2.45) is 0 Å². The molecule has 196 valence electrons. The number of nitrogens with one attached hydrogen (secondary N) is 1. The van der Waals surface area contributed by atoms with Crippen LogP contribution in [0.5, 0.6) is 17.2 Å². The van der Waals surface area contributed by atoms with Gasteiger partial charge >= 0.3 is 18.5 Å². The third-order valence-electron chi connectivity index (χ3n) is 4.06. The molecule has 0 unspecified atom stereocenters. The first kappa shape index (κ1) is 29.5. The van der Waals surface area contributed by atoms with Gasteiger partial charge in [0.25, 0.3) is 5.91 Å². The second kappa shape index (κ2) is 12.2. The first-order valence-electron chi connectivity index (χ1n) is 9.82. The van der Waals surface area contributed by atoms with Gasteiger partial charge in [0.15, 0.2) is 19.8 Å². The summed E-state index contributed by atoms with van der Waals surface area (Å²) in [5.74, 6) is -3.89. The molecule has 0 aliphatic carbocycles. The van der Waals surface area contributed by atoms with Crippen molar-refractivity contribution in [2.45, 2.75) is 32.4 Å². The molecule has 0 radical (unpaired) electrons. The molecule has 34 heavy (non-hydrogen) atoms. The van der Waals surface area contributed by atoms with Crippen molar-refractivity contribution < 1.29 is 58.5 Å². The molecule has 0 aliphatic rings. The van der Waals surface area contributed by atoms with Crippen molar-refractivity contribution in [3.63, 3.8) is 0 Å². The van der Waals surface area contributed by atoms with E-state index in [0.717, 1.165) is 0 Å². The number of hydrogen-bond donors (Lipinski definition) is 1. The Labute approximate surface area is 188 Å². The lowest BCUT2D eigenvalue weighted by Gasteiger charge is -2.21. The second-order valence-electron chi connectivity index (χ2n) is 6.79. The van der Waals surface area contributed by atoms with Crippen LogP contribution in [0.25, 0.3) is 0 Å². The Balaban J connectivity index is 3.35. The molecule has 6 nitrogen and oxygen atoms in total. The predicted molar refractivity (Wildman–Crippen MR) is 101 cm³/mol.